The molecule has 2 N–H and O–H groups in total. The first-order valence-corrected chi connectivity index (χ1v) is 6.77. The highest BCUT2D eigenvalue weighted by Crippen LogP contribution is 2.02. The van der Waals surface area contributed by atoms with Crippen LogP contribution in [0.4, 0.5) is 0 Å². The van der Waals surface area contributed by atoms with Gasteiger partial charge in [-0.25, -0.2) is 0 Å². The number of hydrogen-bond donors (Lipinski definition) is 2. The molecule has 0 atom stereocenters. The molecule has 0 aliphatic carbocycles. The Kier molecular flexibility index (Phi) is 45.1. The third-order valence-corrected chi connectivity index (χ3v) is 1.70. The third-order valence-electron chi connectivity index (χ3n) is 1.70. The van der Waals surface area contributed by atoms with Crippen LogP contribution in [0.3, 0.4) is 0 Å². The molecule has 0 aliphatic heterocycles. The molecule has 0 amide bonds. The molecule has 16 heavy (non-hydrogen) atoms. The van der Waals surface area contributed by atoms with Gasteiger partial charge >= 0.3 is 0 Å². The second-order valence-electron chi connectivity index (χ2n) is 2.39. The Bertz CT molecular complexity index is 118. The van der Waals surface area contributed by atoms with Crippen molar-refractivity contribution >= 4 is 0 Å². The van der Waals surface area contributed by atoms with Crippen LogP contribution in [-0.2, 0) is 0 Å². The van der Waals surface area contributed by atoms with Gasteiger partial charge in [0.05, 0.1) is 0 Å². The zero-order valence-corrected chi connectivity index (χ0v) is 13.4. The first-order valence-electron chi connectivity index (χ1n) is 6.77. The van der Waals surface area contributed by atoms with Gasteiger partial charge in [0.2, 0.25) is 0 Å². The van der Waals surface area contributed by atoms with Crippen LogP contribution in [0.1, 0.15) is 61.8 Å². The Balaban J connectivity index is -0.000000103. The van der Waals surface area contributed by atoms with Gasteiger partial charge in [-0.05, 0) is 20.4 Å². The molecule has 0 aromatic heterocycles. The van der Waals surface area contributed by atoms with Gasteiger partial charge in [-0.3, -0.25) is 0 Å². The van der Waals surface area contributed by atoms with Crippen molar-refractivity contribution in [3.8, 4) is 0 Å². The van der Waals surface area contributed by atoms with Crippen molar-refractivity contribution < 1.29 is 0 Å². The van der Waals surface area contributed by atoms with Crippen molar-refractivity contribution in [1.82, 2.24) is 10.6 Å². The van der Waals surface area contributed by atoms with Crippen molar-refractivity contribution in [1.29, 1.82) is 0 Å². The maximum Gasteiger partial charge on any atom is 0.0350 e. The van der Waals surface area contributed by atoms with Gasteiger partial charge in [-0.1, -0.05) is 54.0 Å². The largest absolute Gasteiger partial charge is 0.390 e. The van der Waals surface area contributed by atoms with E-state index in [0.29, 0.717) is 0 Å². The molecular formula is C14H36N2. The van der Waals surface area contributed by atoms with Crippen LogP contribution in [0.25, 0.3) is 0 Å². The zero-order chi connectivity index (χ0) is 14.0. The molecule has 0 aromatic rings. The second kappa shape index (κ2) is 29.3. The van der Waals surface area contributed by atoms with Crippen molar-refractivity contribution in [2.24, 2.45) is 0 Å². The Morgan fingerprint density at radius 3 is 1.44 bits per heavy atom. The lowest BCUT2D eigenvalue weighted by molar-refractivity contribution is 0.785. The Hall–Kier alpha value is -0.500. The highest BCUT2D eigenvalue weighted by atomic mass is 14.9. The molecule has 0 saturated carbocycles. The monoisotopic (exact) mass is 232 g/mol. The molecule has 2 heteroatoms. The lowest BCUT2D eigenvalue weighted by Crippen LogP contribution is -2.20. The molecule has 0 aliphatic rings. The molecule has 0 bridgehead atoms. The molecule has 102 valence electrons. The predicted molar refractivity (Wildman–Crippen MR) is 80.0 cm³/mol. The highest BCUT2D eigenvalue weighted by Gasteiger charge is 1.95. The van der Waals surface area contributed by atoms with Crippen LogP contribution in [-0.4, -0.2) is 20.6 Å². The summed E-state index contributed by atoms with van der Waals surface area (Å²) in [4.78, 5) is 0. The van der Waals surface area contributed by atoms with E-state index < -0.39 is 0 Å². The van der Waals surface area contributed by atoms with Crippen LogP contribution in [0.2, 0.25) is 0 Å². The third kappa shape index (κ3) is 19.1. The van der Waals surface area contributed by atoms with E-state index in [4.69, 9.17) is 0 Å². The van der Waals surface area contributed by atoms with Crippen LogP contribution >= 0.6 is 0 Å². The van der Waals surface area contributed by atoms with Crippen LogP contribution in [0.15, 0.2) is 11.3 Å². The lowest BCUT2D eigenvalue weighted by atomic mass is 10.2. The fourth-order valence-electron chi connectivity index (χ4n) is 0.843. The fraction of sp³-hybridized carbons (Fsp3) is 0.857. The first-order chi connectivity index (χ1) is 7.76. The average Bonchev–Trinajstić information content (AvgIpc) is 2.42. The fourth-order valence-corrected chi connectivity index (χ4v) is 0.843. The van der Waals surface area contributed by atoms with Crippen molar-refractivity contribution in [2.75, 3.05) is 20.6 Å². The summed E-state index contributed by atoms with van der Waals surface area (Å²) in [7, 11) is 3.92. The second-order valence-corrected chi connectivity index (χ2v) is 2.39. The normalized spacial score (nSPS) is 9.12. The van der Waals surface area contributed by atoms with Gasteiger partial charge in [-0.15, -0.1) is 0 Å². The van der Waals surface area contributed by atoms with Gasteiger partial charge in [0, 0.05) is 19.3 Å². The van der Waals surface area contributed by atoms with Gasteiger partial charge in [-0.2, -0.15) is 0 Å². The van der Waals surface area contributed by atoms with E-state index in [1.54, 1.807) is 0 Å². The highest BCUT2D eigenvalue weighted by molar-refractivity contribution is 5.10. The molecular weight excluding hydrogens is 196 g/mol. The van der Waals surface area contributed by atoms with Crippen LogP contribution in [0.5, 0.6) is 0 Å². The van der Waals surface area contributed by atoms with Crippen molar-refractivity contribution in [2.45, 2.75) is 61.8 Å². The standard InChI is InChI=1S/C8H18N2.3C2H6/c1-5-7(2)8(10-4)6-9-3;3*1-2/h9-10H,5-6H2,1-4H3;3*1-2H3/b8-7+;;;. The van der Waals surface area contributed by atoms with E-state index in [-0.39, 0.29) is 0 Å². The molecule has 0 fully saturated rings. The van der Waals surface area contributed by atoms with Crippen molar-refractivity contribution in [3.05, 3.63) is 11.3 Å². The first kappa shape index (κ1) is 24.6. The summed E-state index contributed by atoms with van der Waals surface area (Å²) in [6.45, 7) is 17.3. The summed E-state index contributed by atoms with van der Waals surface area (Å²) < 4.78 is 0. The van der Waals surface area contributed by atoms with Crippen LogP contribution < -0.4 is 10.6 Å². The number of allylic oxidation sites excluding steroid dienone is 1. The quantitative estimate of drug-likeness (QED) is 0.759. The summed E-state index contributed by atoms with van der Waals surface area (Å²) in [5.41, 5.74) is 2.74. The Morgan fingerprint density at radius 1 is 0.875 bits per heavy atom. The van der Waals surface area contributed by atoms with E-state index in [1.807, 2.05) is 55.6 Å². The van der Waals surface area contributed by atoms with Gasteiger partial charge in [0.25, 0.3) is 0 Å². The van der Waals surface area contributed by atoms with Crippen molar-refractivity contribution in [3.63, 3.8) is 0 Å². The van der Waals surface area contributed by atoms with E-state index >= 15 is 0 Å². The van der Waals surface area contributed by atoms with Crippen LogP contribution in [0, 0.1) is 0 Å². The predicted octanol–water partition coefficient (Wildman–Crippen LogP) is 4.19. The summed E-state index contributed by atoms with van der Waals surface area (Å²) >= 11 is 0. The van der Waals surface area contributed by atoms with Gasteiger partial charge < -0.3 is 10.6 Å². The zero-order valence-electron chi connectivity index (χ0n) is 13.4. The van der Waals surface area contributed by atoms with Gasteiger partial charge in [0.1, 0.15) is 0 Å². The number of hydrogen-bond acceptors (Lipinski definition) is 2. The number of rotatable bonds is 4. The smallest absolute Gasteiger partial charge is 0.0350 e. The molecule has 0 spiro atoms. The van der Waals surface area contributed by atoms with E-state index in [9.17, 15) is 0 Å². The minimum atomic E-state index is 0.941. The van der Waals surface area contributed by atoms with E-state index in [2.05, 4.69) is 24.5 Å². The maximum atomic E-state index is 3.17. The SMILES string of the molecule is CC.CC.CC.CC/C(C)=C(\CNC)NC. The topological polar surface area (TPSA) is 24.1 Å². The summed E-state index contributed by atoms with van der Waals surface area (Å²) in [6.07, 6.45) is 1.12. The molecule has 0 saturated heterocycles. The molecule has 2 nitrogen and oxygen atoms in total. The molecule has 0 heterocycles. The lowest BCUT2D eigenvalue weighted by Gasteiger charge is -2.09. The molecule has 0 aromatic carbocycles. The molecule has 0 rings (SSSR count). The summed E-state index contributed by atoms with van der Waals surface area (Å²) in [6, 6.07) is 0. The maximum absolute atomic E-state index is 3.17. The Labute approximate surface area is 105 Å². The number of likely N-dealkylation sites (N-methyl/N-ethyl adjacent to an activating group) is 2. The van der Waals surface area contributed by atoms with Gasteiger partial charge in [0.15, 0.2) is 0 Å². The average molecular weight is 232 g/mol. The molecule has 0 radical (unpaired) electrons. The minimum absolute atomic E-state index is 0.941. The minimum Gasteiger partial charge on any atom is -0.390 e. The van der Waals surface area contributed by atoms with E-state index in [0.717, 1.165) is 13.0 Å². The number of nitrogens with one attached hydrogen (secondary N) is 2. The molecule has 0 unspecified atom stereocenters. The Morgan fingerprint density at radius 2 is 1.25 bits per heavy atom. The van der Waals surface area contributed by atoms with E-state index in [1.165, 1.54) is 11.3 Å². The summed E-state index contributed by atoms with van der Waals surface area (Å²) in [5, 5.41) is 6.28. The summed E-state index contributed by atoms with van der Waals surface area (Å²) in [5.74, 6) is 0.